The van der Waals surface area contributed by atoms with Gasteiger partial charge in [0.05, 0.1) is 19.3 Å². The Labute approximate surface area is 104 Å². The monoisotopic (exact) mass is 246 g/mol. The smallest absolute Gasteiger partial charge is 0.239 e. The van der Waals surface area contributed by atoms with Gasteiger partial charge in [0.1, 0.15) is 0 Å². The summed E-state index contributed by atoms with van der Waals surface area (Å²) in [5, 5.41) is 0. The molecule has 0 aliphatic heterocycles. The van der Waals surface area contributed by atoms with Crippen LogP contribution >= 0.6 is 0 Å². The third-order valence-electron chi connectivity index (χ3n) is 2.63. The highest BCUT2D eigenvalue weighted by atomic mass is 16.5. The molecule has 0 rings (SSSR count). The summed E-state index contributed by atoms with van der Waals surface area (Å²) in [6, 6.07) is -0.399. The molecule has 102 valence electrons. The Morgan fingerprint density at radius 2 is 1.76 bits per heavy atom. The van der Waals surface area contributed by atoms with Gasteiger partial charge in [-0.3, -0.25) is 4.79 Å². The molecule has 2 N–H and O–H groups in total. The molecule has 0 unspecified atom stereocenters. The van der Waals surface area contributed by atoms with Crippen LogP contribution in [0.1, 0.15) is 26.2 Å². The number of methoxy groups -OCH3 is 2. The molecule has 0 aromatic heterocycles. The van der Waals surface area contributed by atoms with Gasteiger partial charge in [-0.2, -0.15) is 0 Å². The minimum atomic E-state index is -0.399. The predicted molar refractivity (Wildman–Crippen MR) is 67.8 cm³/mol. The first kappa shape index (κ1) is 16.4. The Balaban J connectivity index is 4.18. The SMILES string of the molecule is CCCC[C@H](N)C(=O)N(CCOC)CCOC. The van der Waals surface area contributed by atoms with E-state index in [9.17, 15) is 4.79 Å². The average molecular weight is 246 g/mol. The first-order valence-corrected chi connectivity index (χ1v) is 6.19. The van der Waals surface area contributed by atoms with Crippen LogP contribution in [0.25, 0.3) is 0 Å². The third-order valence-corrected chi connectivity index (χ3v) is 2.63. The number of hydrogen-bond acceptors (Lipinski definition) is 4. The van der Waals surface area contributed by atoms with Crippen LogP contribution in [0.4, 0.5) is 0 Å². The van der Waals surface area contributed by atoms with Crippen molar-refractivity contribution in [1.29, 1.82) is 0 Å². The molecule has 1 amide bonds. The standard InChI is InChI=1S/C12H26N2O3/c1-4-5-6-11(13)12(15)14(7-9-16-2)8-10-17-3/h11H,4-10,13H2,1-3H3/t11-/m0/s1. The van der Waals surface area contributed by atoms with E-state index in [0.717, 1.165) is 19.3 Å². The van der Waals surface area contributed by atoms with Crippen LogP contribution in [-0.4, -0.2) is 57.4 Å². The largest absolute Gasteiger partial charge is 0.383 e. The fraction of sp³-hybridized carbons (Fsp3) is 0.917. The van der Waals surface area contributed by atoms with Crippen molar-refractivity contribution >= 4 is 5.91 Å². The lowest BCUT2D eigenvalue weighted by Crippen LogP contribution is -2.46. The highest BCUT2D eigenvalue weighted by Crippen LogP contribution is 2.03. The zero-order valence-electron chi connectivity index (χ0n) is 11.3. The molecule has 0 aliphatic rings. The van der Waals surface area contributed by atoms with Gasteiger partial charge < -0.3 is 20.1 Å². The van der Waals surface area contributed by atoms with Gasteiger partial charge in [-0.25, -0.2) is 0 Å². The molecule has 0 aromatic rings. The molecule has 1 atom stereocenters. The van der Waals surface area contributed by atoms with Crippen LogP contribution in [0.2, 0.25) is 0 Å². The van der Waals surface area contributed by atoms with Crippen LogP contribution in [0, 0.1) is 0 Å². The lowest BCUT2D eigenvalue weighted by molar-refractivity contribution is -0.134. The van der Waals surface area contributed by atoms with Crippen LogP contribution in [0.15, 0.2) is 0 Å². The van der Waals surface area contributed by atoms with Gasteiger partial charge in [-0.05, 0) is 6.42 Å². The summed E-state index contributed by atoms with van der Waals surface area (Å²) in [6.45, 7) is 4.27. The molecular formula is C12H26N2O3. The van der Waals surface area contributed by atoms with E-state index in [-0.39, 0.29) is 5.91 Å². The summed E-state index contributed by atoms with van der Waals surface area (Å²) < 4.78 is 9.98. The second-order valence-electron chi connectivity index (χ2n) is 4.06. The van der Waals surface area contributed by atoms with E-state index < -0.39 is 6.04 Å². The number of carbonyl (C=O) groups is 1. The number of ether oxygens (including phenoxy) is 2. The van der Waals surface area contributed by atoms with E-state index in [2.05, 4.69) is 6.92 Å². The van der Waals surface area contributed by atoms with Crippen molar-refractivity contribution in [3.8, 4) is 0 Å². The van der Waals surface area contributed by atoms with Crippen molar-refractivity contribution in [3.63, 3.8) is 0 Å². The maximum absolute atomic E-state index is 12.1. The maximum Gasteiger partial charge on any atom is 0.239 e. The van der Waals surface area contributed by atoms with Crippen LogP contribution in [-0.2, 0) is 14.3 Å². The molecule has 5 heteroatoms. The summed E-state index contributed by atoms with van der Waals surface area (Å²) in [7, 11) is 3.24. The Morgan fingerprint density at radius 1 is 1.24 bits per heavy atom. The van der Waals surface area contributed by atoms with E-state index in [0.29, 0.717) is 26.3 Å². The minimum Gasteiger partial charge on any atom is -0.383 e. The van der Waals surface area contributed by atoms with E-state index in [1.54, 1.807) is 19.1 Å². The topological polar surface area (TPSA) is 64.8 Å². The Morgan fingerprint density at radius 3 is 2.18 bits per heavy atom. The van der Waals surface area contributed by atoms with E-state index in [4.69, 9.17) is 15.2 Å². The fourth-order valence-electron chi connectivity index (χ4n) is 1.52. The van der Waals surface area contributed by atoms with Gasteiger partial charge in [0.2, 0.25) is 5.91 Å². The quantitative estimate of drug-likeness (QED) is 0.614. The van der Waals surface area contributed by atoms with Crippen LogP contribution in [0.3, 0.4) is 0 Å². The van der Waals surface area contributed by atoms with Crippen molar-refractivity contribution in [2.75, 3.05) is 40.5 Å². The van der Waals surface area contributed by atoms with Crippen molar-refractivity contribution in [2.24, 2.45) is 5.73 Å². The van der Waals surface area contributed by atoms with E-state index in [1.807, 2.05) is 0 Å². The highest BCUT2D eigenvalue weighted by Gasteiger charge is 2.19. The normalized spacial score (nSPS) is 12.5. The Bertz CT molecular complexity index is 192. The molecule has 17 heavy (non-hydrogen) atoms. The lowest BCUT2D eigenvalue weighted by Gasteiger charge is -2.25. The fourth-order valence-corrected chi connectivity index (χ4v) is 1.52. The maximum atomic E-state index is 12.1. The van der Waals surface area contributed by atoms with Crippen molar-refractivity contribution in [2.45, 2.75) is 32.2 Å². The molecule has 0 saturated carbocycles. The van der Waals surface area contributed by atoms with E-state index >= 15 is 0 Å². The van der Waals surface area contributed by atoms with Gasteiger partial charge >= 0.3 is 0 Å². The van der Waals surface area contributed by atoms with Crippen LogP contribution in [0.5, 0.6) is 0 Å². The Hall–Kier alpha value is -0.650. The number of rotatable bonds is 10. The van der Waals surface area contributed by atoms with Gasteiger partial charge in [0.25, 0.3) is 0 Å². The molecule has 0 aromatic carbocycles. The highest BCUT2D eigenvalue weighted by molar-refractivity contribution is 5.81. The third kappa shape index (κ3) is 7.31. The van der Waals surface area contributed by atoms with Gasteiger partial charge in [0, 0.05) is 27.3 Å². The summed E-state index contributed by atoms with van der Waals surface area (Å²) >= 11 is 0. The molecule has 0 saturated heterocycles. The second-order valence-corrected chi connectivity index (χ2v) is 4.06. The molecule has 0 bridgehead atoms. The minimum absolute atomic E-state index is 0.00690. The van der Waals surface area contributed by atoms with Gasteiger partial charge in [-0.15, -0.1) is 0 Å². The van der Waals surface area contributed by atoms with Gasteiger partial charge in [-0.1, -0.05) is 19.8 Å². The number of nitrogens with zero attached hydrogens (tertiary/aromatic N) is 1. The van der Waals surface area contributed by atoms with Crippen LogP contribution < -0.4 is 5.73 Å². The molecular weight excluding hydrogens is 220 g/mol. The average Bonchev–Trinajstić information content (AvgIpc) is 2.35. The molecule has 0 spiro atoms. The van der Waals surface area contributed by atoms with E-state index in [1.165, 1.54) is 0 Å². The molecule has 0 heterocycles. The molecule has 0 aliphatic carbocycles. The summed E-state index contributed by atoms with van der Waals surface area (Å²) in [5.74, 6) is -0.00690. The number of nitrogens with two attached hydrogens (primary N) is 1. The number of amides is 1. The zero-order valence-corrected chi connectivity index (χ0v) is 11.3. The predicted octanol–water partition coefficient (Wildman–Crippen LogP) is 0.625. The van der Waals surface area contributed by atoms with Gasteiger partial charge in [0.15, 0.2) is 0 Å². The molecule has 5 nitrogen and oxygen atoms in total. The number of unbranched alkanes of at least 4 members (excludes halogenated alkanes) is 1. The first-order chi connectivity index (χ1) is 8.17. The molecule has 0 radical (unpaired) electrons. The second kappa shape index (κ2) is 10.5. The zero-order chi connectivity index (χ0) is 13.1. The summed E-state index contributed by atoms with van der Waals surface area (Å²) in [5.41, 5.74) is 5.87. The van der Waals surface area contributed by atoms with Crippen molar-refractivity contribution in [1.82, 2.24) is 4.90 Å². The number of hydrogen-bond donors (Lipinski definition) is 1. The Kier molecular flexibility index (Phi) is 10.1. The lowest BCUT2D eigenvalue weighted by atomic mass is 10.1. The summed E-state index contributed by atoms with van der Waals surface area (Å²) in [4.78, 5) is 13.8. The first-order valence-electron chi connectivity index (χ1n) is 6.19. The molecule has 0 fully saturated rings. The van der Waals surface area contributed by atoms with Crippen molar-refractivity contribution < 1.29 is 14.3 Å². The number of carbonyl (C=O) groups excluding carboxylic acids is 1. The summed E-state index contributed by atoms with van der Waals surface area (Å²) in [6.07, 6.45) is 2.78. The van der Waals surface area contributed by atoms with Crippen molar-refractivity contribution in [3.05, 3.63) is 0 Å².